The van der Waals surface area contributed by atoms with Crippen LogP contribution < -0.4 is 19.7 Å². The molecular weight excluding hydrogens is 502 g/mol. The Labute approximate surface area is 236 Å². The van der Waals surface area contributed by atoms with Crippen LogP contribution in [0, 0.1) is 6.92 Å². The number of unbranched alkanes of at least 4 members (excludes halogenated alkanes) is 2. The number of nitrogens with one attached hydrogen (secondary N) is 1. The third-order valence-electron chi connectivity index (χ3n) is 6.45. The van der Waals surface area contributed by atoms with Crippen LogP contribution in [-0.4, -0.2) is 46.4 Å². The van der Waals surface area contributed by atoms with Crippen LogP contribution in [0.15, 0.2) is 71.6 Å². The lowest BCUT2D eigenvalue weighted by Gasteiger charge is -2.22. The summed E-state index contributed by atoms with van der Waals surface area (Å²) < 4.78 is 12.1. The van der Waals surface area contributed by atoms with Crippen molar-refractivity contribution >= 4 is 34.6 Å². The van der Waals surface area contributed by atoms with Crippen LogP contribution in [0.5, 0.6) is 11.5 Å². The minimum absolute atomic E-state index is 0.556. The maximum Gasteiger partial charge on any atom is 0.171 e. The molecule has 40 heavy (non-hydrogen) atoms. The first kappa shape index (κ1) is 28.6. The Morgan fingerprint density at radius 3 is 2.67 bits per heavy atom. The summed E-state index contributed by atoms with van der Waals surface area (Å²) in [5.41, 5.74) is 4.22. The molecule has 9 heteroatoms. The Balaban J connectivity index is 1.57. The van der Waals surface area contributed by atoms with E-state index < -0.39 is 0 Å². The van der Waals surface area contributed by atoms with Crippen molar-refractivity contribution in [2.45, 2.75) is 53.9 Å². The summed E-state index contributed by atoms with van der Waals surface area (Å²) in [4.78, 5) is 16.1. The van der Waals surface area contributed by atoms with Gasteiger partial charge in [0, 0.05) is 43.8 Å². The fraction of sp³-hybridized carbons (Fsp3) is 0.355. The summed E-state index contributed by atoms with van der Waals surface area (Å²) in [6.07, 6.45) is 14.5. The monoisotopic (exact) mass is 541 g/mol. The Hall–Kier alpha value is -4.40. The zero-order valence-electron chi connectivity index (χ0n) is 24.3. The maximum absolute atomic E-state index is 6.21. The Morgan fingerprint density at radius 2 is 1.95 bits per heavy atom. The van der Waals surface area contributed by atoms with Gasteiger partial charge >= 0.3 is 0 Å². The molecule has 3 heterocycles. The minimum atomic E-state index is 0.556. The molecule has 0 bridgehead atoms. The largest absolute Gasteiger partial charge is 0.490 e. The van der Waals surface area contributed by atoms with Crippen molar-refractivity contribution in [3.8, 4) is 11.5 Å². The topological polar surface area (TPSA) is 88.0 Å². The number of aromatic nitrogens is 3. The summed E-state index contributed by atoms with van der Waals surface area (Å²) in [5.74, 6) is 3.67. The average Bonchev–Trinajstić information content (AvgIpc) is 2.95. The van der Waals surface area contributed by atoms with E-state index >= 15 is 0 Å². The molecule has 0 saturated heterocycles. The molecule has 0 unspecified atom stereocenters. The van der Waals surface area contributed by atoms with Gasteiger partial charge in [-0.1, -0.05) is 25.8 Å². The minimum Gasteiger partial charge on any atom is -0.490 e. The van der Waals surface area contributed by atoms with Gasteiger partial charge < -0.3 is 19.7 Å². The summed E-state index contributed by atoms with van der Waals surface area (Å²) in [6, 6.07) is 7.91. The molecule has 0 atom stereocenters. The van der Waals surface area contributed by atoms with Crippen molar-refractivity contribution in [2.75, 3.05) is 30.4 Å². The molecule has 0 aliphatic carbocycles. The number of hydrogen-bond donors (Lipinski definition) is 1. The van der Waals surface area contributed by atoms with E-state index in [1.165, 1.54) is 12.8 Å². The third-order valence-corrected chi connectivity index (χ3v) is 6.45. The van der Waals surface area contributed by atoms with Crippen molar-refractivity contribution in [1.29, 1.82) is 0 Å². The van der Waals surface area contributed by atoms with E-state index in [1.54, 1.807) is 17.6 Å². The first-order chi connectivity index (χ1) is 19.5. The van der Waals surface area contributed by atoms with Gasteiger partial charge in [-0.2, -0.15) is 5.10 Å². The molecule has 0 radical (unpaired) electrons. The van der Waals surface area contributed by atoms with E-state index in [1.807, 2.05) is 76.4 Å². The molecule has 1 aromatic carbocycles. The van der Waals surface area contributed by atoms with Gasteiger partial charge in [0.25, 0.3) is 0 Å². The number of fused-ring (bicyclic) bond motifs is 1. The highest BCUT2D eigenvalue weighted by molar-refractivity contribution is 5.90. The SMILES string of the molecule is C/C=N\N1C=CC(Oc2ccc(Nc3ncnc4cc(OCC)c(N(C)CCCCC)nc34)cc2C)=C/C1=C\C. The molecule has 0 saturated carbocycles. The van der Waals surface area contributed by atoms with Crippen molar-refractivity contribution in [1.82, 2.24) is 20.0 Å². The fourth-order valence-corrected chi connectivity index (χ4v) is 4.39. The van der Waals surface area contributed by atoms with E-state index in [0.717, 1.165) is 58.5 Å². The number of anilines is 3. The van der Waals surface area contributed by atoms with E-state index in [9.17, 15) is 0 Å². The lowest BCUT2D eigenvalue weighted by atomic mass is 10.2. The summed E-state index contributed by atoms with van der Waals surface area (Å²) in [7, 11) is 2.05. The van der Waals surface area contributed by atoms with Crippen LogP contribution in [0.3, 0.4) is 0 Å². The van der Waals surface area contributed by atoms with Gasteiger partial charge in [0.15, 0.2) is 17.4 Å². The summed E-state index contributed by atoms with van der Waals surface area (Å²) >= 11 is 0. The molecule has 0 spiro atoms. The molecule has 4 rings (SSSR count). The fourth-order valence-electron chi connectivity index (χ4n) is 4.39. The second kappa shape index (κ2) is 13.6. The normalized spacial score (nSPS) is 14.2. The van der Waals surface area contributed by atoms with Gasteiger partial charge in [-0.25, -0.2) is 20.0 Å². The third kappa shape index (κ3) is 6.77. The molecule has 2 aromatic heterocycles. The van der Waals surface area contributed by atoms with Gasteiger partial charge in [0.05, 0.1) is 17.8 Å². The standard InChI is InChI=1S/C31H39N7O2/c1-7-11-12-16-37(6)31-28(39-10-4)20-26-29(36-31)30(33-21-32-26)35-23-13-14-27(22(5)18-23)40-25-15-17-38(34-9-3)24(8-2)19-25/h8-9,13-15,17-21H,7,10-12,16H2,1-6H3,(H,32,33,35)/b24-8+,34-9-. The number of nitrogens with zero attached hydrogens (tertiary/aromatic N) is 6. The number of benzene rings is 1. The molecule has 0 fully saturated rings. The molecule has 1 aliphatic rings. The predicted octanol–water partition coefficient (Wildman–Crippen LogP) is 7.10. The second-order valence-corrected chi connectivity index (χ2v) is 9.46. The Morgan fingerprint density at radius 1 is 1.10 bits per heavy atom. The number of pyridine rings is 1. The Kier molecular flexibility index (Phi) is 9.72. The van der Waals surface area contributed by atoms with Gasteiger partial charge in [0.1, 0.15) is 23.4 Å². The van der Waals surface area contributed by atoms with Crippen LogP contribution in [0.2, 0.25) is 0 Å². The highest BCUT2D eigenvalue weighted by Gasteiger charge is 2.17. The predicted molar refractivity (Wildman–Crippen MR) is 163 cm³/mol. The van der Waals surface area contributed by atoms with Gasteiger partial charge in [-0.15, -0.1) is 0 Å². The molecule has 9 nitrogen and oxygen atoms in total. The van der Waals surface area contributed by atoms with Crippen molar-refractivity contribution < 1.29 is 9.47 Å². The maximum atomic E-state index is 6.21. The zero-order chi connectivity index (χ0) is 28.5. The number of rotatable bonds is 12. The van der Waals surface area contributed by atoms with E-state index in [-0.39, 0.29) is 0 Å². The van der Waals surface area contributed by atoms with Crippen LogP contribution in [0.4, 0.5) is 17.3 Å². The first-order valence-corrected chi connectivity index (χ1v) is 13.9. The van der Waals surface area contributed by atoms with Gasteiger partial charge in [-0.05, 0) is 64.0 Å². The first-order valence-electron chi connectivity index (χ1n) is 13.9. The lowest BCUT2D eigenvalue weighted by Crippen LogP contribution is -2.21. The van der Waals surface area contributed by atoms with E-state index in [0.29, 0.717) is 17.9 Å². The second-order valence-electron chi connectivity index (χ2n) is 9.46. The highest BCUT2D eigenvalue weighted by Crippen LogP contribution is 2.33. The number of hydrazone groups is 1. The van der Waals surface area contributed by atoms with Crippen molar-refractivity contribution in [3.05, 3.63) is 72.0 Å². The smallest absolute Gasteiger partial charge is 0.171 e. The van der Waals surface area contributed by atoms with Gasteiger partial charge in [-0.3, -0.25) is 0 Å². The summed E-state index contributed by atoms with van der Waals surface area (Å²) in [5, 5.41) is 9.57. The van der Waals surface area contributed by atoms with E-state index in [4.69, 9.17) is 14.5 Å². The van der Waals surface area contributed by atoms with Crippen LogP contribution in [0.25, 0.3) is 11.0 Å². The quantitative estimate of drug-likeness (QED) is 0.192. The van der Waals surface area contributed by atoms with Crippen LogP contribution in [-0.2, 0) is 0 Å². The summed E-state index contributed by atoms with van der Waals surface area (Å²) in [6.45, 7) is 11.5. The number of aryl methyl sites for hydroxylation is 1. The Bertz CT molecular complexity index is 1450. The molecule has 1 aliphatic heterocycles. The molecule has 210 valence electrons. The number of ether oxygens (including phenoxy) is 2. The molecule has 3 aromatic rings. The number of hydrogen-bond acceptors (Lipinski definition) is 9. The average molecular weight is 542 g/mol. The highest BCUT2D eigenvalue weighted by atomic mass is 16.5. The number of allylic oxidation sites excluding steroid dienone is 3. The lowest BCUT2D eigenvalue weighted by molar-refractivity contribution is 0.340. The zero-order valence-corrected chi connectivity index (χ0v) is 24.3. The van der Waals surface area contributed by atoms with Crippen LogP contribution in [0.1, 0.15) is 52.5 Å². The van der Waals surface area contributed by atoms with E-state index in [2.05, 4.69) is 39.3 Å². The molecular formula is C31H39N7O2. The van der Waals surface area contributed by atoms with Crippen molar-refractivity contribution in [2.24, 2.45) is 5.10 Å². The van der Waals surface area contributed by atoms with Gasteiger partial charge in [0.2, 0.25) is 0 Å². The molecule has 0 amide bonds. The van der Waals surface area contributed by atoms with Crippen molar-refractivity contribution in [3.63, 3.8) is 0 Å². The van der Waals surface area contributed by atoms with Crippen LogP contribution >= 0.6 is 0 Å². The molecule has 1 N–H and O–H groups in total.